The lowest BCUT2D eigenvalue weighted by atomic mass is 9.85. The van der Waals surface area contributed by atoms with Crippen LogP contribution in [0.1, 0.15) is 32.3 Å². The molecule has 5 rings (SSSR count). The minimum atomic E-state index is -0.441. The van der Waals surface area contributed by atoms with Crippen molar-refractivity contribution in [3.8, 4) is 0 Å². The quantitative estimate of drug-likeness (QED) is 0.208. The molecular weight excluding hydrogens is 530 g/mol. The second-order valence-electron chi connectivity index (χ2n) is 9.45. The predicted octanol–water partition coefficient (Wildman–Crippen LogP) is 6.13. The van der Waals surface area contributed by atoms with Gasteiger partial charge in [0.05, 0.1) is 19.3 Å². The Balaban J connectivity index is 1.20. The molecule has 1 amide bonds. The maximum atomic E-state index is 12.6. The average molecular weight is 560 g/mol. The van der Waals surface area contributed by atoms with Gasteiger partial charge in [0.15, 0.2) is 0 Å². The summed E-state index contributed by atoms with van der Waals surface area (Å²) in [6, 6.07) is 29.1. The van der Waals surface area contributed by atoms with Crippen LogP contribution in [0.2, 0.25) is 5.02 Å². The summed E-state index contributed by atoms with van der Waals surface area (Å²) < 4.78 is 4.79. The Morgan fingerprint density at radius 2 is 1.49 bits per heavy atom. The van der Waals surface area contributed by atoms with Gasteiger partial charge in [0.25, 0.3) is 0 Å². The number of methoxy groups -OCH3 is 1. The molecule has 1 saturated heterocycles. The highest BCUT2D eigenvalue weighted by Gasteiger charge is 2.22. The molecule has 1 aliphatic rings. The van der Waals surface area contributed by atoms with E-state index in [9.17, 15) is 9.59 Å². The molecule has 0 radical (unpaired) electrons. The first-order valence-corrected chi connectivity index (χ1v) is 14.1. The number of anilines is 2. The molecule has 0 saturated carbocycles. The number of carbonyl (C=O) groups excluding carboxylic acids is 2. The number of hydrogen-bond donors (Lipinski definition) is 1. The van der Waals surface area contributed by atoms with Gasteiger partial charge in [0.2, 0.25) is 5.91 Å². The highest BCUT2D eigenvalue weighted by atomic mass is 35.5. The molecule has 1 aliphatic heterocycles. The number of carbonyl (C=O) groups is 2. The Morgan fingerprint density at radius 3 is 2.13 bits per heavy atom. The van der Waals surface area contributed by atoms with Crippen molar-refractivity contribution in [1.29, 1.82) is 0 Å². The number of thiophene rings is 1. The Labute approximate surface area is 237 Å². The highest BCUT2D eigenvalue weighted by Crippen LogP contribution is 2.33. The molecule has 4 aromatic rings. The molecular formula is C31H30ClN3O3S. The second kappa shape index (κ2) is 12.5. The van der Waals surface area contributed by atoms with E-state index in [0.717, 1.165) is 31.2 Å². The zero-order valence-corrected chi connectivity index (χ0v) is 23.3. The average Bonchev–Trinajstić information content (AvgIpc) is 3.43. The van der Waals surface area contributed by atoms with Crippen molar-refractivity contribution in [1.82, 2.24) is 4.90 Å². The van der Waals surface area contributed by atoms with E-state index in [1.54, 1.807) is 11.4 Å². The molecule has 1 aromatic heterocycles. The minimum Gasteiger partial charge on any atom is -0.465 e. The van der Waals surface area contributed by atoms with E-state index in [0.29, 0.717) is 10.6 Å². The van der Waals surface area contributed by atoms with Gasteiger partial charge < -0.3 is 15.0 Å². The molecule has 1 atom stereocenters. The number of piperazine rings is 1. The summed E-state index contributed by atoms with van der Waals surface area (Å²) >= 11 is 7.41. The monoisotopic (exact) mass is 559 g/mol. The number of ether oxygens (including phenoxy) is 1. The summed E-state index contributed by atoms with van der Waals surface area (Å²) in [6.07, 6.45) is 0. The SMILES string of the molecule is COC(=O)c1sccc1NC(=O)CN1CCN(c2ccc(C(c3ccccc3)c3ccc(Cl)cc3)cc2)CC1. The van der Waals surface area contributed by atoms with E-state index in [1.165, 1.54) is 40.8 Å². The summed E-state index contributed by atoms with van der Waals surface area (Å²) in [7, 11) is 1.34. The number of hydrogen-bond acceptors (Lipinski definition) is 6. The fraction of sp³-hybridized carbons (Fsp3) is 0.226. The molecule has 0 aliphatic carbocycles. The molecule has 1 N–H and O–H groups in total. The van der Waals surface area contributed by atoms with Crippen LogP contribution in [0.5, 0.6) is 0 Å². The third-order valence-corrected chi connectivity index (χ3v) is 8.12. The van der Waals surface area contributed by atoms with Gasteiger partial charge in [-0.15, -0.1) is 11.3 Å². The van der Waals surface area contributed by atoms with Gasteiger partial charge >= 0.3 is 5.97 Å². The molecule has 0 spiro atoms. The van der Waals surface area contributed by atoms with Crippen LogP contribution in [0.3, 0.4) is 0 Å². The summed E-state index contributed by atoms with van der Waals surface area (Å²) in [4.78, 5) is 29.4. The van der Waals surface area contributed by atoms with Gasteiger partial charge in [-0.2, -0.15) is 0 Å². The van der Waals surface area contributed by atoms with Crippen molar-refractivity contribution in [2.75, 3.05) is 50.1 Å². The number of benzene rings is 3. The van der Waals surface area contributed by atoms with Crippen LogP contribution in [0.4, 0.5) is 11.4 Å². The number of esters is 1. The van der Waals surface area contributed by atoms with Crippen molar-refractivity contribution in [2.45, 2.75) is 5.92 Å². The molecule has 200 valence electrons. The maximum Gasteiger partial charge on any atom is 0.350 e. The first-order valence-electron chi connectivity index (χ1n) is 12.8. The number of halogens is 1. The van der Waals surface area contributed by atoms with Gasteiger partial charge in [-0.25, -0.2) is 4.79 Å². The van der Waals surface area contributed by atoms with Gasteiger partial charge in [0, 0.05) is 42.8 Å². The molecule has 1 unspecified atom stereocenters. The third-order valence-electron chi connectivity index (χ3n) is 6.98. The molecule has 39 heavy (non-hydrogen) atoms. The van der Waals surface area contributed by atoms with Crippen LogP contribution in [0.15, 0.2) is 90.3 Å². The number of nitrogens with one attached hydrogen (secondary N) is 1. The van der Waals surface area contributed by atoms with Crippen molar-refractivity contribution >= 4 is 46.2 Å². The molecule has 0 bridgehead atoms. The normalized spacial score (nSPS) is 14.6. The largest absolute Gasteiger partial charge is 0.465 e. The fourth-order valence-electron chi connectivity index (χ4n) is 4.97. The topological polar surface area (TPSA) is 61.9 Å². The van der Waals surface area contributed by atoms with Crippen LogP contribution in [-0.2, 0) is 9.53 Å². The smallest absolute Gasteiger partial charge is 0.350 e. The molecule has 1 fully saturated rings. The number of nitrogens with zero attached hydrogens (tertiary/aromatic N) is 2. The van der Waals surface area contributed by atoms with Crippen molar-refractivity contribution < 1.29 is 14.3 Å². The lowest BCUT2D eigenvalue weighted by Gasteiger charge is -2.36. The summed E-state index contributed by atoms with van der Waals surface area (Å²) in [5.41, 5.74) is 5.34. The van der Waals surface area contributed by atoms with E-state index in [-0.39, 0.29) is 18.4 Å². The third kappa shape index (κ3) is 6.50. The number of amides is 1. The maximum absolute atomic E-state index is 12.6. The predicted molar refractivity (Wildman–Crippen MR) is 158 cm³/mol. The van der Waals surface area contributed by atoms with Gasteiger partial charge in [0.1, 0.15) is 4.88 Å². The first-order chi connectivity index (χ1) is 19.0. The van der Waals surface area contributed by atoms with Crippen LogP contribution in [0.25, 0.3) is 0 Å². The minimum absolute atomic E-state index is 0.121. The van der Waals surface area contributed by atoms with Gasteiger partial charge in [-0.05, 0) is 52.4 Å². The van der Waals surface area contributed by atoms with Crippen molar-refractivity contribution in [2.24, 2.45) is 0 Å². The Bertz CT molecular complexity index is 1400. The van der Waals surface area contributed by atoms with E-state index in [4.69, 9.17) is 16.3 Å². The fourth-order valence-corrected chi connectivity index (χ4v) is 5.86. The summed E-state index contributed by atoms with van der Waals surface area (Å²) in [5.74, 6) is -0.454. The van der Waals surface area contributed by atoms with Crippen LogP contribution >= 0.6 is 22.9 Å². The van der Waals surface area contributed by atoms with Crippen LogP contribution in [-0.4, -0.2) is 56.6 Å². The van der Waals surface area contributed by atoms with E-state index in [1.807, 2.05) is 18.2 Å². The highest BCUT2D eigenvalue weighted by molar-refractivity contribution is 7.12. The van der Waals surface area contributed by atoms with Crippen LogP contribution in [0, 0.1) is 0 Å². The lowest BCUT2D eigenvalue weighted by molar-refractivity contribution is -0.117. The number of rotatable bonds is 8. The van der Waals surface area contributed by atoms with Crippen molar-refractivity contribution in [3.63, 3.8) is 0 Å². The molecule has 3 aromatic carbocycles. The van der Waals surface area contributed by atoms with E-state index >= 15 is 0 Å². The van der Waals surface area contributed by atoms with Gasteiger partial charge in [-0.1, -0.05) is 66.2 Å². The summed E-state index contributed by atoms with van der Waals surface area (Å²) in [6.45, 7) is 3.50. The molecule has 2 heterocycles. The van der Waals surface area contributed by atoms with Crippen molar-refractivity contribution in [3.05, 3.63) is 117 Å². The molecule has 8 heteroatoms. The zero-order chi connectivity index (χ0) is 27.2. The lowest BCUT2D eigenvalue weighted by Crippen LogP contribution is -2.48. The first kappa shape index (κ1) is 26.9. The second-order valence-corrected chi connectivity index (χ2v) is 10.8. The van der Waals surface area contributed by atoms with Gasteiger partial charge in [-0.3, -0.25) is 9.69 Å². The molecule has 6 nitrogen and oxygen atoms in total. The Hall–Kier alpha value is -3.65. The Kier molecular flexibility index (Phi) is 8.61. The standard InChI is InChI=1S/C31H30ClN3O3S/c1-38-31(37)30-27(15-20-39-30)33-28(36)21-34-16-18-35(19-17-34)26-13-9-24(10-14-26)29(22-5-3-2-4-6-22)23-7-11-25(32)12-8-23/h2-15,20,29H,16-19,21H2,1H3,(H,33,36). The Morgan fingerprint density at radius 1 is 0.872 bits per heavy atom. The summed E-state index contributed by atoms with van der Waals surface area (Å²) in [5, 5.41) is 5.35. The van der Waals surface area contributed by atoms with E-state index in [2.05, 4.69) is 75.8 Å². The van der Waals surface area contributed by atoms with E-state index < -0.39 is 5.97 Å². The zero-order valence-electron chi connectivity index (χ0n) is 21.7. The van der Waals surface area contributed by atoms with Crippen LogP contribution < -0.4 is 10.2 Å².